The number of alkyl halides is 3. The van der Waals surface area contributed by atoms with Crippen molar-refractivity contribution in [3.63, 3.8) is 0 Å². The third-order valence-electron chi connectivity index (χ3n) is 4.61. The summed E-state index contributed by atoms with van der Waals surface area (Å²) in [5.74, 6) is -2.67. The van der Waals surface area contributed by atoms with Gasteiger partial charge in [-0.25, -0.2) is 4.79 Å². The van der Waals surface area contributed by atoms with E-state index in [1.807, 2.05) is 4.90 Å². The summed E-state index contributed by atoms with van der Waals surface area (Å²) in [6, 6.07) is 3.73. The average molecular weight is 416 g/mol. The number of halogens is 3. The number of carboxylic acid groups (broad SMARTS) is 1. The number of carboxylic acids is 1. The monoisotopic (exact) mass is 416 g/mol. The van der Waals surface area contributed by atoms with Crippen LogP contribution in [-0.2, 0) is 14.3 Å². The van der Waals surface area contributed by atoms with Crippen LogP contribution < -0.4 is 0 Å². The number of likely N-dealkylation sites (tertiary alicyclic amines) is 1. The van der Waals surface area contributed by atoms with Gasteiger partial charge in [0, 0.05) is 24.5 Å². The molecule has 1 amide bonds. The highest BCUT2D eigenvalue weighted by molar-refractivity contribution is 5.94. The largest absolute Gasteiger partial charge is 0.490 e. The molecule has 0 bridgehead atoms. The Bertz CT molecular complexity index is 699. The first kappa shape index (κ1) is 22.8. The van der Waals surface area contributed by atoms with Gasteiger partial charge in [0.1, 0.15) is 0 Å². The molecule has 7 nitrogen and oxygen atoms in total. The zero-order chi connectivity index (χ0) is 21.4. The number of nitrogens with zero attached hydrogens (tertiary/aromatic N) is 2. The number of aromatic nitrogens is 1. The van der Waals surface area contributed by atoms with Crippen LogP contribution in [0.1, 0.15) is 29.6 Å². The Morgan fingerprint density at radius 3 is 2.55 bits per heavy atom. The van der Waals surface area contributed by atoms with E-state index in [9.17, 15) is 18.0 Å². The Hall–Kier alpha value is -2.46. The molecule has 0 radical (unpaired) electrons. The highest BCUT2D eigenvalue weighted by Crippen LogP contribution is 2.32. The van der Waals surface area contributed by atoms with Crippen molar-refractivity contribution >= 4 is 11.9 Å². The number of fused-ring (bicyclic) bond motifs is 1. The molecule has 0 saturated carbocycles. The van der Waals surface area contributed by atoms with Crippen LogP contribution in [0.15, 0.2) is 37.2 Å². The van der Waals surface area contributed by atoms with Gasteiger partial charge in [0.2, 0.25) is 0 Å². The number of ether oxygens (including phenoxy) is 2. The summed E-state index contributed by atoms with van der Waals surface area (Å²) < 4.78 is 43.3. The molecule has 3 atom stereocenters. The second-order valence-electron chi connectivity index (χ2n) is 6.59. The normalized spacial score (nSPS) is 23.6. The Balaban J connectivity index is 0.000000370. The van der Waals surface area contributed by atoms with Gasteiger partial charge in [-0.3, -0.25) is 9.78 Å². The van der Waals surface area contributed by atoms with E-state index in [-0.39, 0.29) is 24.2 Å². The number of carbonyl (C=O) groups is 2. The minimum absolute atomic E-state index is 0.0832. The Labute approximate surface area is 166 Å². The summed E-state index contributed by atoms with van der Waals surface area (Å²) in [7, 11) is 0. The summed E-state index contributed by atoms with van der Waals surface area (Å²) in [4.78, 5) is 27.4. The lowest BCUT2D eigenvalue weighted by molar-refractivity contribution is -0.192. The van der Waals surface area contributed by atoms with E-state index in [1.54, 1.807) is 30.6 Å². The predicted octanol–water partition coefficient (Wildman–Crippen LogP) is 2.68. The van der Waals surface area contributed by atoms with Gasteiger partial charge in [-0.2, -0.15) is 13.2 Å². The van der Waals surface area contributed by atoms with Gasteiger partial charge in [-0.1, -0.05) is 6.08 Å². The topological polar surface area (TPSA) is 89.0 Å². The minimum atomic E-state index is -5.08. The number of carbonyl (C=O) groups excluding carboxylic acids is 1. The van der Waals surface area contributed by atoms with Gasteiger partial charge in [0.25, 0.3) is 5.91 Å². The summed E-state index contributed by atoms with van der Waals surface area (Å²) >= 11 is 0. The first-order chi connectivity index (χ1) is 13.7. The van der Waals surface area contributed by atoms with Gasteiger partial charge in [-0.15, -0.1) is 6.58 Å². The van der Waals surface area contributed by atoms with Crippen molar-refractivity contribution in [3.05, 3.63) is 42.7 Å². The second kappa shape index (κ2) is 10.4. The number of aliphatic carboxylic acids is 1. The summed E-state index contributed by atoms with van der Waals surface area (Å²) in [5, 5.41) is 7.12. The van der Waals surface area contributed by atoms with Gasteiger partial charge in [0.15, 0.2) is 0 Å². The Morgan fingerprint density at radius 1 is 1.31 bits per heavy atom. The van der Waals surface area contributed by atoms with Crippen LogP contribution in [0.4, 0.5) is 13.2 Å². The van der Waals surface area contributed by atoms with Crippen LogP contribution in [0, 0.1) is 0 Å². The number of pyridine rings is 1. The molecule has 2 saturated heterocycles. The number of hydrogen-bond donors (Lipinski definition) is 1. The van der Waals surface area contributed by atoms with Crippen molar-refractivity contribution in [2.24, 2.45) is 0 Å². The molecule has 0 unspecified atom stereocenters. The first-order valence-corrected chi connectivity index (χ1v) is 9.09. The van der Waals surface area contributed by atoms with Gasteiger partial charge >= 0.3 is 12.1 Å². The highest BCUT2D eigenvalue weighted by Gasteiger charge is 2.42. The van der Waals surface area contributed by atoms with E-state index < -0.39 is 12.1 Å². The lowest BCUT2D eigenvalue weighted by Crippen LogP contribution is -2.45. The van der Waals surface area contributed by atoms with Crippen molar-refractivity contribution in [2.75, 3.05) is 19.8 Å². The number of amides is 1. The van der Waals surface area contributed by atoms with E-state index in [1.165, 1.54) is 0 Å². The van der Waals surface area contributed by atoms with Gasteiger partial charge in [0.05, 0.1) is 31.5 Å². The van der Waals surface area contributed by atoms with Gasteiger partial charge < -0.3 is 19.5 Å². The molecule has 1 N–H and O–H groups in total. The SMILES string of the molecule is C=CCOC[C@@H]1CC[C@H]2[C@H](CCN2C(=O)c2ccncc2)O1.O=C(O)C(F)(F)F. The van der Waals surface area contributed by atoms with Gasteiger partial charge in [-0.05, 0) is 31.4 Å². The maximum atomic E-state index is 12.6. The summed E-state index contributed by atoms with van der Waals surface area (Å²) in [5.41, 5.74) is 0.701. The predicted molar refractivity (Wildman–Crippen MR) is 96.3 cm³/mol. The molecule has 29 heavy (non-hydrogen) atoms. The van der Waals surface area contributed by atoms with E-state index in [0.717, 1.165) is 25.8 Å². The first-order valence-electron chi connectivity index (χ1n) is 9.09. The molecule has 1 aromatic rings. The highest BCUT2D eigenvalue weighted by atomic mass is 19.4. The molecule has 2 fully saturated rings. The lowest BCUT2D eigenvalue weighted by atomic mass is 9.99. The van der Waals surface area contributed by atoms with Crippen molar-refractivity contribution < 1.29 is 37.3 Å². The molecule has 3 heterocycles. The van der Waals surface area contributed by atoms with Crippen molar-refractivity contribution in [2.45, 2.75) is 43.7 Å². The molecule has 0 aliphatic carbocycles. The summed E-state index contributed by atoms with van der Waals surface area (Å²) in [6.45, 7) is 5.56. The fourth-order valence-electron chi connectivity index (χ4n) is 3.32. The van der Waals surface area contributed by atoms with E-state index in [0.29, 0.717) is 18.8 Å². The van der Waals surface area contributed by atoms with Crippen LogP contribution in [0.2, 0.25) is 0 Å². The van der Waals surface area contributed by atoms with E-state index >= 15 is 0 Å². The van der Waals surface area contributed by atoms with Crippen LogP contribution in [0.3, 0.4) is 0 Å². The van der Waals surface area contributed by atoms with Crippen LogP contribution in [-0.4, -0.2) is 71.1 Å². The molecule has 0 aromatic carbocycles. The van der Waals surface area contributed by atoms with E-state index in [2.05, 4.69) is 11.6 Å². The zero-order valence-electron chi connectivity index (χ0n) is 15.7. The maximum absolute atomic E-state index is 12.6. The molecule has 3 rings (SSSR count). The van der Waals surface area contributed by atoms with Crippen molar-refractivity contribution in [1.82, 2.24) is 9.88 Å². The Morgan fingerprint density at radius 2 is 1.97 bits per heavy atom. The lowest BCUT2D eigenvalue weighted by Gasteiger charge is -2.35. The molecule has 1 aromatic heterocycles. The van der Waals surface area contributed by atoms with Crippen LogP contribution in [0.25, 0.3) is 0 Å². The number of rotatable bonds is 5. The standard InChI is InChI=1S/C17H22N2O3.C2HF3O2/c1-2-11-21-12-14-3-4-15-16(22-14)7-10-19(15)17(20)13-5-8-18-9-6-13;3-2(4,5)1(6)7/h2,5-6,8-9,14-16H,1,3-4,7,10-12H2;(H,6,7)/t14-,15-,16-;/m0./s1. The molecule has 2 aliphatic rings. The smallest absolute Gasteiger partial charge is 0.475 e. The van der Waals surface area contributed by atoms with Crippen LogP contribution in [0.5, 0.6) is 0 Å². The third-order valence-corrected chi connectivity index (χ3v) is 4.61. The second-order valence-corrected chi connectivity index (χ2v) is 6.59. The van der Waals surface area contributed by atoms with Crippen molar-refractivity contribution in [1.29, 1.82) is 0 Å². The molecule has 10 heteroatoms. The Kier molecular flexibility index (Phi) is 8.15. The molecular weight excluding hydrogens is 393 g/mol. The number of hydrogen-bond acceptors (Lipinski definition) is 5. The molecule has 0 spiro atoms. The fourth-order valence-corrected chi connectivity index (χ4v) is 3.32. The summed E-state index contributed by atoms with van der Waals surface area (Å²) in [6.07, 6.45) is 3.06. The molecule has 160 valence electrons. The molecule has 2 aliphatic heterocycles. The van der Waals surface area contributed by atoms with E-state index in [4.69, 9.17) is 19.4 Å². The quantitative estimate of drug-likeness (QED) is 0.587. The average Bonchev–Trinajstić information content (AvgIpc) is 3.11. The maximum Gasteiger partial charge on any atom is 0.490 e. The third kappa shape index (κ3) is 6.53. The van der Waals surface area contributed by atoms with Crippen molar-refractivity contribution in [3.8, 4) is 0 Å². The fraction of sp³-hybridized carbons (Fsp3) is 0.526. The van der Waals surface area contributed by atoms with Crippen LogP contribution >= 0.6 is 0 Å². The minimum Gasteiger partial charge on any atom is -0.475 e. The molecular formula is C19H23F3N2O5. The zero-order valence-corrected chi connectivity index (χ0v) is 15.7.